The monoisotopic (exact) mass is 1080 g/mol. The van der Waals surface area contributed by atoms with Crippen LogP contribution in [0.25, 0.3) is 0 Å². The molecule has 0 fully saturated rings. The van der Waals surface area contributed by atoms with Gasteiger partial charge in [0.15, 0.2) is 0 Å². The van der Waals surface area contributed by atoms with E-state index in [1.807, 2.05) is 6.08 Å². The van der Waals surface area contributed by atoms with Crippen molar-refractivity contribution in [2.24, 2.45) is 0 Å². The summed E-state index contributed by atoms with van der Waals surface area (Å²) in [5.41, 5.74) is 0. The maximum absolute atomic E-state index is 12.5. The van der Waals surface area contributed by atoms with Crippen molar-refractivity contribution in [3.05, 3.63) is 36.5 Å². The molecule has 0 radical (unpaired) electrons. The molecule has 6 heteroatoms. The van der Waals surface area contributed by atoms with Gasteiger partial charge in [0.25, 0.3) is 0 Å². The van der Waals surface area contributed by atoms with E-state index < -0.39 is 12.1 Å². The summed E-state index contributed by atoms with van der Waals surface area (Å²) in [7, 11) is 0. The SMILES string of the molecule is CCCCC/C=C\C/C=C\CCCCCCCC(=O)OCCCCCCCCCCCCCCCCCCCCCCC(=O)NC(CO)C(O)/C=C/CCCCCCCCCCCCCCCCCCCCCCCCC. The summed E-state index contributed by atoms with van der Waals surface area (Å²) < 4.78 is 5.48. The van der Waals surface area contributed by atoms with Crippen LogP contribution in [0.5, 0.6) is 0 Å². The molecule has 0 aliphatic rings. The molecule has 3 N–H and O–H groups in total. The molecule has 0 saturated heterocycles. The van der Waals surface area contributed by atoms with E-state index in [2.05, 4.69) is 43.5 Å². The Bertz CT molecular complexity index is 1250. The number of allylic oxidation sites excluding steroid dienone is 5. The number of carbonyl (C=O) groups is 2. The number of hydrogen-bond donors (Lipinski definition) is 3. The van der Waals surface area contributed by atoms with E-state index in [1.165, 1.54) is 302 Å². The molecule has 0 aromatic carbocycles. The zero-order valence-corrected chi connectivity index (χ0v) is 52.0. The molecule has 6 nitrogen and oxygen atoms in total. The minimum atomic E-state index is -0.848. The molecule has 0 bridgehead atoms. The Morgan fingerprint density at radius 2 is 0.649 bits per heavy atom. The van der Waals surface area contributed by atoms with Gasteiger partial charge in [0, 0.05) is 12.8 Å². The fourth-order valence-corrected chi connectivity index (χ4v) is 10.8. The van der Waals surface area contributed by atoms with Crippen LogP contribution in [0.2, 0.25) is 0 Å². The number of unbranched alkanes of at least 4 members (excludes halogenated alkanes) is 50. The van der Waals surface area contributed by atoms with Gasteiger partial charge in [0.1, 0.15) is 0 Å². The summed E-state index contributed by atoms with van der Waals surface area (Å²) in [5, 5.41) is 23.3. The average molecular weight is 1080 g/mol. The molecule has 0 aliphatic carbocycles. The van der Waals surface area contributed by atoms with Crippen LogP contribution in [-0.2, 0) is 14.3 Å². The van der Waals surface area contributed by atoms with Crippen LogP contribution >= 0.6 is 0 Å². The summed E-state index contributed by atoms with van der Waals surface area (Å²) in [6.07, 6.45) is 84.9. The Hall–Kier alpha value is -1.92. The van der Waals surface area contributed by atoms with Gasteiger partial charge in [-0.1, -0.05) is 339 Å². The largest absolute Gasteiger partial charge is 0.466 e. The van der Waals surface area contributed by atoms with Gasteiger partial charge in [0.05, 0.1) is 25.4 Å². The number of amides is 1. The number of hydrogen-bond acceptors (Lipinski definition) is 5. The smallest absolute Gasteiger partial charge is 0.305 e. The first-order valence-electron chi connectivity index (χ1n) is 34.8. The van der Waals surface area contributed by atoms with Crippen LogP contribution in [0.1, 0.15) is 380 Å². The minimum Gasteiger partial charge on any atom is -0.466 e. The zero-order valence-electron chi connectivity index (χ0n) is 52.0. The van der Waals surface area contributed by atoms with Gasteiger partial charge in [-0.3, -0.25) is 9.59 Å². The van der Waals surface area contributed by atoms with E-state index in [0.717, 1.165) is 51.4 Å². The standard InChI is InChI=1S/C71H135NO5/c1-3-5-7-9-11-13-15-17-19-20-21-22-23-24-25-26-29-32-36-39-43-47-51-55-59-63-69(74)68(67-73)72-70(75)64-60-56-52-48-44-40-37-33-30-27-28-31-34-38-42-46-50-54-58-62-66-77-71(76)65-61-57-53-49-45-41-35-18-16-14-12-10-8-6-4-2/h12,14,18,35,59,63,68-69,73-74H,3-11,13,15-17,19-34,36-58,60-62,64-67H2,1-2H3,(H,72,75)/b14-12-,35-18-,63-59+. The zero-order chi connectivity index (χ0) is 55.7. The number of carbonyl (C=O) groups excluding carboxylic acids is 2. The number of nitrogens with one attached hydrogen (secondary N) is 1. The third-order valence-electron chi connectivity index (χ3n) is 16.2. The fourth-order valence-electron chi connectivity index (χ4n) is 10.8. The molecule has 0 aliphatic heterocycles. The first-order valence-corrected chi connectivity index (χ1v) is 34.8. The van der Waals surface area contributed by atoms with E-state index in [0.29, 0.717) is 19.4 Å². The van der Waals surface area contributed by atoms with Crippen molar-refractivity contribution in [3.8, 4) is 0 Å². The summed E-state index contributed by atoms with van der Waals surface area (Å²) in [6, 6.07) is -0.632. The van der Waals surface area contributed by atoms with E-state index in [1.54, 1.807) is 6.08 Å². The third-order valence-corrected chi connectivity index (χ3v) is 16.2. The lowest BCUT2D eigenvalue weighted by Gasteiger charge is -2.20. The molecule has 2 unspecified atom stereocenters. The molecular weight excluding hydrogens is 947 g/mol. The first kappa shape index (κ1) is 75.1. The molecular formula is C71H135NO5. The average Bonchev–Trinajstić information content (AvgIpc) is 3.43. The first-order chi connectivity index (χ1) is 38.0. The van der Waals surface area contributed by atoms with Crippen molar-refractivity contribution in [3.63, 3.8) is 0 Å². The number of aliphatic hydroxyl groups is 2. The van der Waals surface area contributed by atoms with Crippen LogP contribution in [0.15, 0.2) is 36.5 Å². The third kappa shape index (κ3) is 63.1. The van der Waals surface area contributed by atoms with Crippen molar-refractivity contribution in [1.29, 1.82) is 0 Å². The molecule has 77 heavy (non-hydrogen) atoms. The van der Waals surface area contributed by atoms with Crippen molar-refractivity contribution < 1.29 is 24.5 Å². The lowest BCUT2D eigenvalue weighted by molar-refractivity contribution is -0.143. The lowest BCUT2D eigenvalue weighted by atomic mass is 10.0. The summed E-state index contributed by atoms with van der Waals surface area (Å²) in [5.74, 6) is -0.0696. The Kier molecular flexibility index (Phi) is 64.9. The van der Waals surface area contributed by atoms with Gasteiger partial charge in [0.2, 0.25) is 5.91 Å². The normalized spacial score (nSPS) is 12.7. The van der Waals surface area contributed by atoms with E-state index in [-0.39, 0.29) is 18.5 Å². The summed E-state index contributed by atoms with van der Waals surface area (Å²) in [6.45, 7) is 4.90. The van der Waals surface area contributed by atoms with Gasteiger partial charge in [-0.25, -0.2) is 0 Å². The predicted molar refractivity (Wildman–Crippen MR) is 338 cm³/mol. The number of rotatable bonds is 65. The Morgan fingerprint density at radius 1 is 0.364 bits per heavy atom. The van der Waals surface area contributed by atoms with Crippen molar-refractivity contribution in [2.45, 2.75) is 392 Å². The highest BCUT2D eigenvalue weighted by Gasteiger charge is 2.18. The maximum atomic E-state index is 12.5. The maximum Gasteiger partial charge on any atom is 0.305 e. The van der Waals surface area contributed by atoms with Crippen LogP contribution < -0.4 is 5.32 Å². The molecule has 0 aromatic heterocycles. The van der Waals surface area contributed by atoms with E-state index in [9.17, 15) is 19.8 Å². The topological polar surface area (TPSA) is 95.9 Å². The van der Waals surface area contributed by atoms with Gasteiger partial charge >= 0.3 is 5.97 Å². The van der Waals surface area contributed by atoms with Gasteiger partial charge in [-0.15, -0.1) is 0 Å². The van der Waals surface area contributed by atoms with Gasteiger partial charge < -0.3 is 20.3 Å². The Labute approximate surface area is 481 Å². The summed E-state index contributed by atoms with van der Waals surface area (Å²) in [4.78, 5) is 24.6. The number of aliphatic hydroxyl groups excluding tert-OH is 2. The summed E-state index contributed by atoms with van der Waals surface area (Å²) >= 11 is 0. The van der Waals surface area contributed by atoms with Crippen molar-refractivity contribution in [2.75, 3.05) is 13.2 Å². The van der Waals surface area contributed by atoms with Crippen LogP contribution in [0, 0.1) is 0 Å². The van der Waals surface area contributed by atoms with Crippen molar-refractivity contribution >= 4 is 11.9 Å². The highest BCUT2D eigenvalue weighted by atomic mass is 16.5. The highest BCUT2D eigenvalue weighted by Crippen LogP contribution is 2.19. The lowest BCUT2D eigenvalue weighted by Crippen LogP contribution is -2.45. The molecule has 0 rings (SSSR count). The van der Waals surface area contributed by atoms with Gasteiger partial charge in [-0.2, -0.15) is 0 Å². The molecule has 454 valence electrons. The van der Waals surface area contributed by atoms with Crippen LogP contribution in [0.3, 0.4) is 0 Å². The van der Waals surface area contributed by atoms with Crippen LogP contribution in [-0.4, -0.2) is 47.4 Å². The second-order valence-electron chi connectivity index (χ2n) is 23.9. The van der Waals surface area contributed by atoms with E-state index >= 15 is 0 Å². The predicted octanol–water partition coefficient (Wildman–Crippen LogP) is 22.3. The Morgan fingerprint density at radius 3 is 1.01 bits per heavy atom. The molecule has 1 amide bonds. The quantitative estimate of drug-likeness (QED) is 0.0320. The molecule has 0 heterocycles. The molecule has 2 atom stereocenters. The van der Waals surface area contributed by atoms with Gasteiger partial charge in [-0.05, 0) is 64.2 Å². The molecule has 0 saturated carbocycles. The Balaban J connectivity index is 3.43. The molecule has 0 aromatic rings. The molecule has 0 spiro atoms. The fraction of sp³-hybridized carbons (Fsp3) is 0.887. The highest BCUT2D eigenvalue weighted by molar-refractivity contribution is 5.76. The van der Waals surface area contributed by atoms with Crippen LogP contribution in [0.4, 0.5) is 0 Å². The minimum absolute atomic E-state index is 0.00345. The number of esters is 1. The van der Waals surface area contributed by atoms with Crippen molar-refractivity contribution in [1.82, 2.24) is 5.32 Å². The van der Waals surface area contributed by atoms with E-state index in [4.69, 9.17) is 4.74 Å². The second kappa shape index (κ2) is 66.6. The second-order valence-corrected chi connectivity index (χ2v) is 23.9. The number of ether oxygens (including phenoxy) is 1.